The molecule has 1 saturated carbocycles. The predicted octanol–water partition coefficient (Wildman–Crippen LogP) is 5.06. The summed E-state index contributed by atoms with van der Waals surface area (Å²) in [7, 11) is 0. The van der Waals surface area contributed by atoms with Gasteiger partial charge in [0, 0.05) is 0 Å². The molecule has 1 heteroatoms. The van der Waals surface area contributed by atoms with E-state index < -0.39 is 0 Å². The zero-order valence-electron chi connectivity index (χ0n) is 13.6. The molecule has 0 radical (unpaired) electrons. The van der Waals surface area contributed by atoms with Gasteiger partial charge in [0.25, 0.3) is 0 Å². The van der Waals surface area contributed by atoms with Crippen LogP contribution in [0.4, 0.5) is 0 Å². The Balaban J connectivity index is 2.33. The summed E-state index contributed by atoms with van der Waals surface area (Å²) in [5, 5.41) is 11.0. The van der Waals surface area contributed by atoms with Gasteiger partial charge in [0.1, 0.15) is 0 Å². The molecule has 2 atom stereocenters. The molecule has 0 amide bonds. The first-order valence-corrected chi connectivity index (χ1v) is 8.29. The lowest BCUT2D eigenvalue weighted by molar-refractivity contribution is 0.00338. The van der Waals surface area contributed by atoms with Crippen molar-refractivity contribution in [1.82, 2.24) is 0 Å². The van der Waals surface area contributed by atoms with E-state index in [2.05, 4.69) is 45.9 Å². The number of benzene rings is 1. The average Bonchev–Trinajstić information content (AvgIpc) is 2.45. The van der Waals surface area contributed by atoms with Crippen LogP contribution in [0.2, 0.25) is 0 Å². The molecular formula is C19H30O. The van der Waals surface area contributed by atoms with Crippen molar-refractivity contribution in [3.05, 3.63) is 34.9 Å². The van der Waals surface area contributed by atoms with Gasteiger partial charge < -0.3 is 5.11 Å². The van der Waals surface area contributed by atoms with Gasteiger partial charge in [-0.3, -0.25) is 0 Å². The van der Waals surface area contributed by atoms with Gasteiger partial charge in [-0.25, -0.2) is 0 Å². The summed E-state index contributed by atoms with van der Waals surface area (Å²) in [5.74, 6) is 0.397. The largest absolute Gasteiger partial charge is 0.388 e. The SMILES string of the molecule is CCc1ccc(CC)c(C(O)C2CCCCC2(C)C)c1. The van der Waals surface area contributed by atoms with Gasteiger partial charge in [-0.05, 0) is 53.7 Å². The molecule has 1 N–H and O–H groups in total. The molecule has 1 fully saturated rings. The zero-order valence-corrected chi connectivity index (χ0v) is 13.6. The van der Waals surface area contributed by atoms with Crippen LogP contribution in [0.5, 0.6) is 0 Å². The van der Waals surface area contributed by atoms with Crippen LogP contribution >= 0.6 is 0 Å². The highest BCUT2D eigenvalue weighted by molar-refractivity contribution is 5.34. The molecule has 0 saturated heterocycles. The van der Waals surface area contributed by atoms with Gasteiger partial charge in [-0.2, -0.15) is 0 Å². The predicted molar refractivity (Wildman–Crippen MR) is 85.9 cm³/mol. The standard InChI is InChI=1S/C19H30O/c1-5-14-10-11-15(6-2)16(13-14)18(20)17-9-7-8-12-19(17,3)4/h10-11,13,17-18,20H,5-9,12H2,1-4H3. The zero-order chi connectivity index (χ0) is 14.8. The van der Waals surface area contributed by atoms with Gasteiger partial charge in [-0.1, -0.05) is 58.7 Å². The minimum absolute atomic E-state index is 0.255. The van der Waals surface area contributed by atoms with Crippen molar-refractivity contribution in [2.45, 2.75) is 72.3 Å². The minimum atomic E-state index is -0.299. The van der Waals surface area contributed by atoms with Crippen molar-refractivity contribution >= 4 is 0 Å². The van der Waals surface area contributed by atoms with E-state index in [1.807, 2.05) is 0 Å². The van der Waals surface area contributed by atoms with Crippen LogP contribution in [0.25, 0.3) is 0 Å². The van der Waals surface area contributed by atoms with Crippen molar-refractivity contribution in [2.75, 3.05) is 0 Å². The molecule has 0 spiro atoms. The minimum Gasteiger partial charge on any atom is -0.388 e. The summed E-state index contributed by atoms with van der Waals surface area (Å²) >= 11 is 0. The lowest BCUT2D eigenvalue weighted by Crippen LogP contribution is -2.33. The van der Waals surface area contributed by atoms with Crippen LogP contribution in [-0.4, -0.2) is 5.11 Å². The van der Waals surface area contributed by atoms with E-state index in [1.165, 1.54) is 36.0 Å². The molecule has 20 heavy (non-hydrogen) atoms. The Labute approximate surface area is 124 Å². The first-order valence-electron chi connectivity index (χ1n) is 8.29. The Hall–Kier alpha value is -0.820. The molecule has 1 aliphatic carbocycles. The van der Waals surface area contributed by atoms with Crippen LogP contribution in [-0.2, 0) is 12.8 Å². The fourth-order valence-corrected chi connectivity index (χ4v) is 3.78. The van der Waals surface area contributed by atoms with E-state index >= 15 is 0 Å². The summed E-state index contributed by atoms with van der Waals surface area (Å²) in [4.78, 5) is 0. The molecule has 0 heterocycles. The second kappa shape index (κ2) is 6.30. The number of aliphatic hydroxyl groups is 1. The third-order valence-corrected chi connectivity index (χ3v) is 5.29. The molecule has 0 aliphatic heterocycles. The Bertz CT molecular complexity index is 447. The van der Waals surface area contributed by atoms with E-state index in [0.29, 0.717) is 5.92 Å². The van der Waals surface area contributed by atoms with Crippen LogP contribution in [0.1, 0.15) is 76.2 Å². The normalized spacial score (nSPS) is 23.6. The summed E-state index contributed by atoms with van der Waals surface area (Å²) < 4.78 is 0. The van der Waals surface area contributed by atoms with Gasteiger partial charge in [0.05, 0.1) is 6.10 Å². The first kappa shape index (κ1) is 15.6. The summed E-state index contributed by atoms with van der Waals surface area (Å²) in [6.07, 6.45) is 6.72. The summed E-state index contributed by atoms with van der Waals surface area (Å²) in [6.45, 7) is 9.02. The highest BCUT2D eigenvalue weighted by Crippen LogP contribution is 2.47. The lowest BCUT2D eigenvalue weighted by atomic mass is 9.65. The Morgan fingerprint density at radius 1 is 1.20 bits per heavy atom. The van der Waals surface area contributed by atoms with Crippen molar-refractivity contribution in [1.29, 1.82) is 0 Å². The number of hydrogen-bond acceptors (Lipinski definition) is 1. The second-order valence-electron chi connectivity index (χ2n) is 7.03. The molecule has 112 valence electrons. The molecule has 1 nitrogen and oxygen atoms in total. The second-order valence-corrected chi connectivity index (χ2v) is 7.03. The maximum Gasteiger partial charge on any atom is 0.0826 e. The highest BCUT2D eigenvalue weighted by Gasteiger charge is 2.37. The Kier molecular flexibility index (Phi) is 4.90. The van der Waals surface area contributed by atoms with Gasteiger partial charge in [-0.15, -0.1) is 0 Å². The fraction of sp³-hybridized carbons (Fsp3) is 0.684. The maximum atomic E-state index is 11.0. The Morgan fingerprint density at radius 3 is 2.55 bits per heavy atom. The van der Waals surface area contributed by atoms with E-state index in [-0.39, 0.29) is 11.5 Å². The smallest absolute Gasteiger partial charge is 0.0826 e. The number of aliphatic hydroxyl groups excluding tert-OH is 1. The van der Waals surface area contributed by atoms with E-state index in [1.54, 1.807) is 0 Å². The van der Waals surface area contributed by atoms with Crippen LogP contribution in [0.3, 0.4) is 0 Å². The summed E-state index contributed by atoms with van der Waals surface area (Å²) in [6, 6.07) is 6.67. The van der Waals surface area contributed by atoms with Gasteiger partial charge in [0.2, 0.25) is 0 Å². The monoisotopic (exact) mass is 274 g/mol. The fourth-order valence-electron chi connectivity index (χ4n) is 3.78. The highest BCUT2D eigenvalue weighted by atomic mass is 16.3. The van der Waals surface area contributed by atoms with Crippen molar-refractivity contribution in [2.24, 2.45) is 11.3 Å². The van der Waals surface area contributed by atoms with E-state index in [0.717, 1.165) is 19.3 Å². The molecule has 1 aliphatic rings. The molecule has 0 bridgehead atoms. The van der Waals surface area contributed by atoms with E-state index in [9.17, 15) is 5.11 Å². The van der Waals surface area contributed by atoms with Crippen LogP contribution in [0, 0.1) is 11.3 Å². The lowest BCUT2D eigenvalue weighted by Gasteiger charge is -2.42. The number of aryl methyl sites for hydroxylation is 2. The third kappa shape index (κ3) is 3.09. The molecule has 1 aromatic rings. The van der Waals surface area contributed by atoms with Crippen LogP contribution < -0.4 is 0 Å². The number of rotatable bonds is 4. The topological polar surface area (TPSA) is 20.2 Å². The summed E-state index contributed by atoms with van der Waals surface area (Å²) in [5.41, 5.74) is 4.10. The average molecular weight is 274 g/mol. The maximum absolute atomic E-state index is 11.0. The first-order chi connectivity index (χ1) is 9.49. The molecular weight excluding hydrogens is 244 g/mol. The third-order valence-electron chi connectivity index (χ3n) is 5.29. The molecule has 2 unspecified atom stereocenters. The number of hydrogen-bond donors (Lipinski definition) is 1. The van der Waals surface area contributed by atoms with E-state index in [4.69, 9.17) is 0 Å². The van der Waals surface area contributed by atoms with Crippen molar-refractivity contribution < 1.29 is 5.11 Å². The van der Waals surface area contributed by atoms with Crippen LogP contribution in [0.15, 0.2) is 18.2 Å². The molecule has 1 aromatic carbocycles. The van der Waals surface area contributed by atoms with Gasteiger partial charge >= 0.3 is 0 Å². The quantitative estimate of drug-likeness (QED) is 0.813. The van der Waals surface area contributed by atoms with Gasteiger partial charge in [0.15, 0.2) is 0 Å². The van der Waals surface area contributed by atoms with Crippen molar-refractivity contribution in [3.63, 3.8) is 0 Å². The Morgan fingerprint density at radius 2 is 1.95 bits per heavy atom. The molecule has 2 rings (SSSR count). The van der Waals surface area contributed by atoms with Crippen molar-refractivity contribution in [3.8, 4) is 0 Å². The molecule has 0 aromatic heterocycles.